The van der Waals surface area contributed by atoms with E-state index in [0.717, 1.165) is 5.56 Å². The molecule has 0 atom stereocenters. The van der Waals surface area contributed by atoms with Gasteiger partial charge in [-0.1, -0.05) is 36.3 Å². The van der Waals surface area contributed by atoms with Crippen molar-refractivity contribution in [2.75, 3.05) is 0 Å². The second kappa shape index (κ2) is 3.99. The molecule has 0 amide bonds. The Hall–Kier alpha value is -2.19. The number of nitrogens with zero attached hydrogens (tertiary/aromatic N) is 1. The largest absolute Gasteiger partial charge is 0.391 e. The summed E-state index contributed by atoms with van der Waals surface area (Å²) in [4.78, 5) is 0. The lowest BCUT2D eigenvalue weighted by molar-refractivity contribution is 1.44. The molecule has 0 radical (unpaired) electrons. The Balaban J connectivity index is 3.25. The zero-order valence-corrected chi connectivity index (χ0v) is 6.99. The van der Waals surface area contributed by atoms with Crippen LogP contribution in [-0.4, -0.2) is 0 Å². The number of rotatable bonds is 1. The van der Waals surface area contributed by atoms with Crippen LogP contribution in [0.1, 0.15) is 5.56 Å². The van der Waals surface area contributed by atoms with Crippen molar-refractivity contribution < 1.29 is 0 Å². The van der Waals surface area contributed by atoms with Gasteiger partial charge in [-0.3, -0.25) is 0 Å². The Bertz CT molecular complexity index is 402. The Kier molecular flexibility index (Phi) is 2.73. The predicted molar refractivity (Wildman–Crippen MR) is 52.0 cm³/mol. The molecule has 0 aliphatic carbocycles. The van der Waals surface area contributed by atoms with Crippen LogP contribution < -0.4 is 5.73 Å². The van der Waals surface area contributed by atoms with Gasteiger partial charge in [0.25, 0.3) is 0 Å². The molecule has 1 aromatic carbocycles. The summed E-state index contributed by atoms with van der Waals surface area (Å²) in [6.07, 6.45) is 5.10. The van der Waals surface area contributed by atoms with Gasteiger partial charge < -0.3 is 5.73 Å². The topological polar surface area (TPSA) is 49.8 Å². The van der Waals surface area contributed by atoms with Gasteiger partial charge in [-0.25, -0.2) is 0 Å². The van der Waals surface area contributed by atoms with Gasteiger partial charge in [0.15, 0.2) is 0 Å². The van der Waals surface area contributed by atoms with E-state index in [1.807, 2.05) is 24.3 Å². The number of benzene rings is 1. The van der Waals surface area contributed by atoms with Crippen molar-refractivity contribution in [1.82, 2.24) is 0 Å². The highest BCUT2D eigenvalue weighted by atomic mass is 14.6. The maximum Gasteiger partial charge on any atom is 0.103 e. The average molecular weight is 168 g/mol. The van der Waals surface area contributed by atoms with Crippen molar-refractivity contribution in [3.8, 4) is 18.4 Å². The van der Waals surface area contributed by atoms with E-state index in [-0.39, 0.29) is 5.70 Å². The third-order valence-corrected chi connectivity index (χ3v) is 1.60. The molecule has 2 heteroatoms. The van der Waals surface area contributed by atoms with Gasteiger partial charge in [0, 0.05) is 0 Å². The zero-order valence-electron chi connectivity index (χ0n) is 6.99. The van der Waals surface area contributed by atoms with Crippen LogP contribution in [-0.2, 0) is 0 Å². The number of terminal acetylenes is 1. The lowest BCUT2D eigenvalue weighted by atomic mass is 10.1. The molecule has 0 bridgehead atoms. The summed E-state index contributed by atoms with van der Waals surface area (Å²) in [6, 6.07) is 11.1. The summed E-state index contributed by atoms with van der Waals surface area (Å²) >= 11 is 0. The molecule has 0 aliphatic heterocycles. The predicted octanol–water partition coefficient (Wildman–Crippen LogP) is 1.51. The minimum atomic E-state index is 0.175. The van der Waals surface area contributed by atoms with E-state index in [9.17, 15) is 0 Å². The first kappa shape index (κ1) is 8.90. The number of nitriles is 1. The van der Waals surface area contributed by atoms with Crippen LogP contribution in [0.25, 0.3) is 5.57 Å². The highest BCUT2D eigenvalue weighted by Crippen LogP contribution is 2.14. The van der Waals surface area contributed by atoms with Gasteiger partial charge in [-0.2, -0.15) is 5.26 Å². The minimum absolute atomic E-state index is 0.175. The fourth-order valence-corrected chi connectivity index (χ4v) is 0.957. The molecule has 0 heterocycles. The molecule has 0 aliphatic rings. The van der Waals surface area contributed by atoms with Crippen LogP contribution >= 0.6 is 0 Å². The summed E-state index contributed by atoms with van der Waals surface area (Å²) in [5.74, 6) is 2.25. The lowest BCUT2D eigenvalue weighted by Gasteiger charge is -1.98. The smallest absolute Gasteiger partial charge is 0.103 e. The van der Waals surface area contributed by atoms with E-state index in [0.29, 0.717) is 5.57 Å². The van der Waals surface area contributed by atoms with E-state index in [4.69, 9.17) is 17.4 Å². The number of nitrogens with two attached hydrogens (primary N) is 1. The zero-order chi connectivity index (χ0) is 9.68. The molecule has 1 aromatic rings. The van der Waals surface area contributed by atoms with Crippen molar-refractivity contribution in [1.29, 1.82) is 5.26 Å². The molecule has 0 saturated heterocycles. The van der Waals surface area contributed by atoms with Crippen LogP contribution in [0.15, 0.2) is 36.0 Å². The maximum absolute atomic E-state index is 8.80. The van der Waals surface area contributed by atoms with E-state index in [1.165, 1.54) is 0 Å². The average Bonchev–Trinajstić information content (AvgIpc) is 2.20. The summed E-state index contributed by atoms with van der Waals surface area (Å²) in [5, 5.41) is 8.80. The molecule has 0 aromatic heterocycles. The first-order valence-corrected chi connectivity index (χ1v) is 3.71. The molecular weight excluding hydrogens is 160 g/mol. The Morgan fingerprint density at radius 2 is 1.92 bits per heavy atom. The fraction of sp³-hybridized carbons (Fsp3) is 0. The van der Waals surface area contributed by atoms with Crippen LogP contribution in [0.5, 0.6) is 0 Å². The Labute approximate surface area is 77.3 Å². The van der Waals surface area contributed by atoms with Crippen LogP contribution in [0.4, 0.5) is 0 Å². The van der Waals surface area contributed by atoms with Crippen molar-refractivity contribution in [2.24, 2.45) is 5.73 Å². The monoisotopic (exact) mass is 168 g/mol. The SMILES string of the molecule is C#C/C(N)=C(\C#N)c1ccccc1. The first-order chi connectivity index (χ1) is 6.29. The summed E-state index contributed by atoms with van der Waals surface area (Å²) in [6.45, 7) is 0. The molecule has 0 spiro atoms. The molecule has 13 heavy (non-hydrogen) atoms. The summed E-state index contributed by atoms with van der Waals surface area (Å²) < 4.78 is 0. The van der Waals surface area contributed by atoms with Crippen molar-refractivity contribution in [3.05, 3.63) is 41.6 Å². The van der Waals surface area contributed by atoms with E-state index in [1.54, 1.807) is 12.1 Å². The molecule has 62 valence electrons. The molecule has 2 nitrogen and oxygen atoms in total. The highest BCUT2D eigenvalue weighted by molar-refractivity contribution is 5.81. The van der Waals surface area contributed by atoms with Gasteiger partial charge in [0.1, 0.15) is 11.8 Å². The Morgan fingerprint density at radius 1 is 1.31 bits per heavy atom. The third-order valence-electron chi connectivity index (χ3n) is 1.60. The normalized spacial score (nSPS) is 10.9. The van der Waals surface area contributed by atoms with E-state index < -0.39 is 0 Å². The number of allylic oxidation sites excluding steroid dienone is 2. The highest BCUT2D eigenvalue weighted by Gasteiger charge is 2.02. The lowest BCUT2D eigenvalue weighted by Crippen LogP contribution is -1.98. The van der Waals surface area contributed by atoms with Gasteiger partial charge >= 0.3 is 0 Å². The van der Waals surface area contributed by atoms with Gasteiger partial charge in [-0.15, -0.1) is 6.42 Å². The molecule has 0 saturated carbocycles. The van der Waals surface area contributed by atoms with Crippen LogP contribution in [0.3, 0.4) is 0 Å². The van der Waals surface area contributed by atoms with E-state index in [2.05, 4.69) is 5.92 Å². The van der Waals surface area contributed by atoms with Gasteiger partial charge in [0.05, 0.1) is 5.57 Å². The maximum atomic E-state index is 8.80. The van der Waals surface area contributed by atoms with Crippen LogP contribution in [0, 0.1) is 23.7 Å². The second-order valence-corrected chi connectivity index (χ2v) is 2.41. The minimum Gasteiger partial charge on any atom is -0.391 e. The standard InChI is InChI=1S/C11H8N2/c1-2-11(13)10(8-12)9-6-4-3-5-7-9/h1,3-7H,13H2/b11-10-. The van der Waals surface area contributed by atoms with E-state index >= 15 is 0 Å². The third kappa shape index (κ3) is 1.89. The van der Waals surface area contributed by atoms with Crippen molar-refractivity contribution in [2.45, 2.75) is 0 Å². The number of hydrogen-bond donors (Lipinski definition) is 1. The molecule has 1 rings (SSSR count). The van der Waals surface area contributed by atoms with Gasteiger partial charge in [0.2, 0.25) is 0 Å². The van der Waals surface area contributed by atoms with Crippen LogP contribution in [0.2, 0.25) is 0 Å². The van der Waals surface area contributed by atoms with Crippen molar-refractivity contribution >= 4 is 5.57 Å². The Morgan fingerprint density at radius 3 is 2.38 bits per heavy atom. The first-order valence-electron chi connectivity index (χ1n) is 3.71. The van der Waals surface area contributed by atoms with Gasteiger partial charge in [-0.05, 0) is 5.56 Å². The molecule has 0 unspecified atom stereocenters. The quantitative estimate of drug-likeness (QED) is 0.510. The van der Waals surface area contributed by atoms with Crippen molar-refractivity contribution in [3.63, 3.8) is 0 Å². The summed E-state index contributed by atoms with van der Waals surface area (Å²) in [7, 11) is 0. The molecule has 0 fully saturated rings. The molecule has 2 N–H and O–H groups in total. The second-order valence-electron chi connectivity index (χ2n) is 2.41. The fourth-order valence-electron chi connectivity index (χ4n) is 0.957. The molecular formula is C11H8N2. The number of hydrogen-bond acceptors (Lipinski definition) is 2. The summed E-state index contributed by atoms with van der Waals surface area (Å²) in [5.41, 5.74) is 6.76.